The van der Waals surface area contributed by atoms with E-state index < -0.39 is 0 Å². The summed E-state index contributed by atoms with van der Waals surface area (Å²) in [7, 11) is 0. The number of alkyl halides is 1. The third kappa shape index (κ3) is 4.25. The van der Waals surface area contributed by atoms with Crippen molar-refractivity contribution in [2.24, 2.45) is 0 Å². The van der Waals surface area contributed by atoms with E-state index in [0.717, 1.165) is 6.42 Å². The van der Waals surface area contributed by atoms with Gasteiger partial charge in [-0.05, 0) is 20.3 Å². The van der Waals surface area contributed by atoms with E-state index in [9.17, 15) is 4.79 Å². The lowest BCUT2D eigenvalue weighted by molar-refractivity contribution is 0.0938. The third-order valence-electron chi connectivity index (χ3n) is 1.88. The van der Waals surface area contributed by atoms with Gasteiger partial charge in [0.2, 0.25) is 0 Å². The highest BCUT2D eigenvalue weighted by atomic mass is 35.5. The molecule has 0 spiro atoms. The number of rotatable bonds is 4. The lowest BCUT2D eigenvalue weighted by atomic mass is 10.2. The molecule has 1 amide bonds. The molecule has 0 aromatic carbocycles. The number of hydrogen-bond donors (Lipinski definition) is 1. The second-order valence-corrected chi connectivity index (χ2v) is 4.26. The molecule has 0 aliphatic rings. The first-order chi connectivity index (χ1) is 7.09. The number of halogens is 1. The van der Waals surface area contributed by atoms with Crippen LogP contribution in [0.15, 0.2) is 18.7 Å². The second-order valence-electron chi connectivity index (χ2n) is 3.52. The molecule has 0 saturated heterocycles. The minimum atomic E-state index is -0.166. The Labute approximate surface area is 94.1 Å². The highest BCUT2D eigenvalue weighted by Crippen LogP contribution is 2.04. The van der Waals surface area contributed by atoms with Gasteiger partial charge < -0.3 is 5.32 Å². The van der Waals surface area contributed by atoms with Crippen LogP contribution in [0, 0.1) is 0 Å². The summed E-state index contributed by atoms with van der Waals surface area (Å²) in [5.74, 6) is -0.166. The topological polar surface area (TPSA) is 54.9 Å². The van der Waals surface area contributed by atoms with Crippen LogP contribution in [0.25, 0.3) is 0 Å². The van der Waals surface area contributed by atoms with Crippen molar-refractivity contribution in [1.82, 2.24) is 15.3 Å². The van der Waals surface area contributed by atoms with E-state index in [1.807, 2.05) is 13.8 Å². The van der Waals surface area contributed by atoms with Gasteiger partial charge in [-0.15, -0.1) is 11.6 Å². The van der Waals surface area contributed by atoms with Gasteiger partial charge in [-0.2, -0.15) is 0 Å². The summed E-state index contributed by atoms with van der Waals surface area (Å²) in [6.45, 7) is 3.82. The summed E-state index contributed by atoms with van der Waals surface area (Å²) in [6, 6.07) is 0.0465. The van der Waals surface area contributed by atoms with Crippen LogP contribution in [0.4, 0.5) is 0 Å². The Bertz CT molecular complexity index is 316. The van der Waals surface area contributed by atoms with Gasteiger partial charge in [0.05, 0.1) is 5.56 Å². The van der Waals surface area contributed by atoms with Crippen LogP contribution in [-0.2, 0) is 0 Å². The van der Waals surface area contributed by atoms with Crippen molar-refractivity contribution in [2.45, 2.75) is 31.7 Å². The van der Waals surface area contributed by atoms with Gasteiger partial charge in [0.1, 0.15) is 6.33 Å². The van der Waals surface area contributed by atoms with E-state index in [4.69, 9.17) is 11.6 Å². The largest absolute Gasteiger partial charge is 0.349 e. The van der Waals surface area contributed by atoms with Gasteiger partial charge in [-0.3, -0.25) is 4.79 Å². The lowest BCUT2D eigenvalue weighted by Crippen LogP contribution is -2.34. The first-order valence-electron chi connectivity index (χ1n) is 4.79. The maximum absolute atomic E-state index is 11.6. The molecule has 2 unspecified atom stereocenters. The molecule has 0 bridgehead atoms. The third-order valence-corrected chi connectivity index (χ3v) is 2.06. The molecule has 5 heteroatoms. The molecule has 82 valence electrons. The van der Waals surface area contributed by atoms with Crippen molar-refractivity contribution in [1.29, 1.82) is 0 Å². The van der Waals surface area contributed by atoms with E-state index >= 15 is 0 Å². The molecule has 0 aliphatic carbocycles. The van der Waals surface area contributed by atoms with E-state index in [1.54, 1.807) is 0 Å². The molecule has 1 heterocycles. The molecule has 1 aromatic heterocycles. The zero-order chi connectivity index (χ0) is 11.3. The molecule has 0 aliphatic heterocycles. The Balaban J connectivity index is 2.49. The van der Waals surface area contributed by atoms with Gasteiger partial charge in [0.25, 0.3) is 5.91 Å². The number of aromatic nitrogens is 2. The monoisotopic (exact) mass is 227 g/mol. The molecular formula is C10H14ClN3O. The predicted octanol–water partition coefficient (Wildman–Crippen LogP) is 1.61. The average molecular weight is 228 g/mol. The molecular weight excluding hydrogens is 214 g/mol. The molecule has 1 aromatic rings. The number of carbonyl (C=O) groups is 1. The number of hydrogen-bond acceptors (Lipinski definition) is 3. The van der Waals surface area contributed by atoms with E-state index in [2.05, 4.69) is 15.3 Å². The van der Waals surface area contributed by atoms with Crippen molar-refractivity contribution in [3.8, 4) is 0 Å². The van der Waals surface area contributed by atoms with Crippen molar-refractivity contribution < 1.29 is 4.79 Å². The summed E-state index contributed by atoms with van der Waals surface area (Å²) in [6.07, 6.45) is 5.10. The quantitative estimate of drug-likeness (QED) is 0.796. The predicted molar refractivity (Wildman–Crippen MR) is 58.9 cm³/mol. The summed E-state index contributed by atoms with van der Waals surface area (Å²) in [5.41, 5.74) is 0.464. The SMILES string of the molecule is CC(Cl)CC(C)NC(=O)c1cncnc1. The zero-order valence-electron chi connectivity index (χ0n) is 8.77. The fourth-order valence-corrected chi connectivity index (χ4v) is 1.54. The van der Waals surface area contributed by atoms with E-state index in [-0.39, 0.29) is 17.3 Å². The number of nitrogens with zero attached hydrogens (tertiary/aromatic N) is 2. The van der Waals surface area contributed by atoms with E-state index in [1.165, 1.54) is 18.7 Å². The van der Waals surface area contributed by atoms with Crippen molar-refractivity contribution >= 4 is 17.5 Å². The molecule has 4 nitrogen and oxygen atoms in total. The standard InChI is InChI=1S/C10H14ClN3O/c1-7(11)3-8(2)14-10(15)9-4-12-6-13-5-9/h4-8H,3H2,1-2H3,(H,14,15). The second kappa shape index (κ2) is 5.66. The van der Waals surface area contributed by atoms with Crippen LogP contribution >= 0.6 is 11.6 Å². The van der Waals surface area contributed by atoms with Crippen LogP contribution in [0.5, 0.6) is 0 Å². The lowest BCUT2D eigenvalue weighted by Gasteiger charge is -2.14. The van der Waals surface area contributed by atoms with Crippen LogP contribution in [0.3, 0.4) is 0 Å². The van der Waals surface area contributed by atoms with Crippen LogP contribution in [-0.4, -0.2) is 27.3 Å². The first-order valence-corrected chi connectivity index (χ1v) is 5.23. The fourth-order valence-electron chi connectivity index (χ4n) is 1.27. The summed E-state index contributed by atoms with van der Waals surface area (Å²) in [5, 5.41) is 2.87. The first kappa shape index (κ1) is 11.9. The Hall–Kier alpha value is -1.16. The fraction of sp³-hybridized carbons (Fsp3) is 0.500. The normalized spacial score (nSPS) is 14.3. The molecule has 1 rings (SSSR count). The van der Waals surface area contributed by atoms with Crippen molar-refractivity contribution in [2.75, 3.05) is 0 Å². The van der Waals surface area contributed by atoms with Crippen LogP contribution < -0.4 is 5.32 Å². The zero-order valence-corrected chi connectivity index (χ0v) is 9.53. The molecule has 0 saturated carbocycles. The van der Waals surface area contributed by atoms with Crippen LogP contribution in [0.1, 0.15) is 30.6 Å². The molecule has 2 atom stereocenters. The summed E-state index contributed by atoms with van der Waals surface area (Å²) >= 11 is 5.83. The van der Waals surface area contributed by atoms with Crippen LogP contribution in [0.2, 0.25) is 0 Å². The van der Waals surface area contributed by atoms with Gasteiger partial charge >= 0.3 is 0 Å². The minimum absolute atomic E-state index is 0.0465. The van der Waals surface area contributed by atoms with Crippen molar-refractivity contribution in [3.63, 3.8) is 0 Å². The molecule has 0 fully saturated rings. The minimum Gasteiger partial charge on any atom is -0.349 e. The Kier molecular flexibility index (Phi) is 4.49. The van der Waals surface area contributed by atoms with Gasteiger partial charge in [0, 0.05) is 23.8 Å². The Morgan fingerprint density at radius 1 is 1.47 bits per heavy atom. The molecule has 15 heavy (non-hydrogen) atoms. The van der Waals surface area contributed by atoms with E-state index in [0.29, 0.717) is 5.56 Å². The highest BCUT2D eigenvalue weighted by molar-refractivity contribution is 6.20. The van der Waals surface area contributed by atoms with Gasteiger partial charge in [-0.25, -0.2) is 9.97 Å². The number of nitrogens with one attached hydrogen (secondary N) is 1. The Morgan fingerprint density at radius 2 is 2.07 bits per heavy atom. The molecule has 0 radical (unpaired) electrons. The Morgan fingerprint density at radius 3 is 2.60 bits per heavy atom. The highest BCUT2D eigenvalue weighted by Gasteiger charge is 2.11. The summed E-state index contributed by atoms with van der Waals surface area (Å²) in [4.78, 5) is 19.2. The maximum Gasteiger partial charge on any atom is 0.254 e. The van der Waals surface area contributed by atoms with Gasteiger partial charge in [-0.1, -0.05) is 0 Å². The number of amides is 1. The van der Waals surface area contributed by atoms with Gasteiger partial charge in [0.15, 0.2) is 0 Å². The molecule has 1 N–H and O–H groups in total. The van der Waals surface area contributed by atoms with Crippen molar-refractivity contribution in [3.05, 3.63) is 24.3 Å². The maximum atomic E-state index is 11.6. The average Bonchev–Trinajstić information content (AvgIpc) is 2.17. The number of carbonyl (C=O) groups excluding carboxylic acids is 1. The smallest absolute Gasteiger partial charge is 0.254 e. The summed E-state index contributed by atoms with van der Waals surface area (Å²) < 4.78 is 0.